The second-order valence-electron chi connectivity index (χ2n) is 3.76. The first kappa shape index (κ1) is 13.3. The normalized spacial score (nSPS) is 16.2. The van der Waals surface area contributed by atoms with Gasteiger partial charge < -0.3 is 19.9 Å². The van der Waals surface area contributed by atoms with Crippen molar-refractivity contribution < 1.29 is 24.2 Å². The van der Waals surface area contributed by atoms with Crippen LogP contribution >= 0.6 is 0 Å². The summed E-state index contributed by atoms with van der Waals surface area (Å²) in [7, 11) is 0. The average molecular weight is 243 g/mol. The van der Waals surface area contributed by atoms with Gasteiger partial charge >= 0.3 is 5.97 Å². The van der Waals surface area contributed by atoms with E-state index in [1.807, 2.05) is 6.92 Å². The molecule has 1 atom stereocenters. The van der Waals surface area contributed by atoms with Gasteiger partial charge in [-0.3, -0.25) is 9.59 Å². The van der Waals surface area contributed by atoms with Crippen molar-refractivity contribution in [2.24, 2.45) is 0 Å². The molecular formula is C11H17NO5. The standard InChI is InChI=1S/C11H17NO5/c1-2-3-8(6-10(13)14)12-11(15)9-7-16-4-5-17-9/h7-8H,2-6H2,1H3,(H,12,15)(H,13,14). The van der Waals surface area contributed by atoms with Gasteiger partial charge in [0.1, 0.15) is 19.5 Å². The van der Waals surface area contributed by atoms with Crippen molar-refractivity contribution in [2.45, 2.75) is 32.2 Å². The maximum atomic E-state index is 11.7. The summed E-state index contributed by atoms with van der Waals surface area (Å²) in [4.78, 5) is 22.3. The minimum absolute atomic E-state index is 0.0896. The monoisotopic (exact) mass is 243 g/mol. The van der Waals surface area contributed by atoms with Gasteiger partial charge in [-0.25, -0.2) is 0 Å². The minimum Gasteiger partial charge on any atom is -0.494 e. The molecule has 0 aromatic rings. The fraction of sp³-hybridized carbons (Fsp3) is 0.636. The summed E-state index contributed by atoms with van der Waals surface area (Å²) in [6.07, 6.45) is 2.58. The first-order valence-electron chi connectivity index (χ1n) is 5.60. The van der Waals surface area contributed by atoms with Gasteiger partial charge in [-0.15, -0.1) is 0 Å². The third kappa shape index (κ3) is 4.76. The van der Waals surface area contributed by atoms with Gasteiger partial charge in [0.25, 0.3) is 5.91 Å². The molecule has 2 N–H and O–H groups in total. The minimum atomic E-state index is -0.932. The predicted octanol–water partition coefficient (Wildman–Crippen LogP) is 0.634. The molecule has 0 aliphatic carbocycles. The molecule has 0 aromatic carbocycles. The van der Waals surface area contributed by atoms with Gasteiger partial charge in [-0.2, -0.15) is 0 Å². The number of nitrogens with one attached hydrogen (secondary N) is 1. The average Bonchev–Trinajstić information content (AvgIpc) is 2.29. The zero-order chi connectivity index (χ0) is 12.7. The van der Waals surface area contributed by atoms with E-state index in [1.165, 1.54) is 6.26 Å². The maximum Gasteiger partial charge on any atom is 0.305 e. The molecule has 0 aromatic heterocycles. The summed E-state index contributed by atoms with van der Waals surface area (Å²) >= 11 is 0. The van der Waals surface area contributed by atoms with Crippen LogP contribution in [-0.2, 0) is 19.1 Å². The number of carboxylic acid groups (broad SMARTS) is 1. The van der Waals surface area contributed by atoms with Gasteiger partial charge in [0.05, 0.1) is 6.42 Å². The Morgan fingerprint density at radius 1 is 1.53 bits per heavy atom. The van der Waals surface area contributed by atoms with Gasteiger partial charge in [0.15, 0.2) is 0 Å². The van der Waals surface area contributed by atoms with Crippen LogP contribution in [0.4, 0.5) is 0 Å². The summed E-state index contributed by atoms with van der Waals surface area (Å²) in [5.74, 6) is -1.26. The smallest absolute Gasteiger partial charge is 0.305 e. The Labute approximate surface area is 99.6 Å². The zero-order valence-electron chi connectivity index (χ0n) is 9.77. The van der Waals surface area contributed by atoms with Crippen molar-refractivity contribution in [3.63, 3.8) is 0 Å². The van der Waals surface area contributed by atoms with Gasteiger partial charge in [0, 0.05) is 6.04 Å². The Hall–Kier alpha value is -1.72. The number of ether oxygens (including phenoxy) is 2. The predicted molar refractivity (Wildman–Crippen MR) is 59.1 cm³/mol. The lowest BCUT2D eigenvalue weighted by Crippen LogP contribution is -2.38. The van der Waals surface area contributed by atoms with E-state index in [-0.39, 0.29) is 18.2 Å². The Morgan fingerprint density at radius 3 is 2.82 bits per heavy atom. The van der Waals surface area contributed by atoms with Crippen LogP contribution < -0.4 is 5.32 Å². The fourth-order valence-electron chi connectivity index (χ4n) is 1.53. The Balaban J connectivity index is 2.50. The van der Waals surface area contributed by atoms with E-state index in [4.69, 9.17) is 14.6 Å². The lowest BCUT2D eigenvalue weighted by molar-refractivity contribution is -0.137. The highest BCUT2D eigenvalue weighted by molar-refractivity contribution is 5.91. The zero-order valence-corrected chi connectivity index (χ0v) is 9.77. The van der Waals surface area contributed by atoms with Crippen molar-refractivity contribution in [2.75, 3.05) is 13.2 Å². The highest BCUT2D eigenvalue weighted by Gasteiger charge is 2.20. The summed E-state index contributed by atoms with van der Waals surface area (Å²) in [6.45, 7) is 2.68. The van der Waals surface area contributed by atoms with E-state index in [2.05, 4.69) is 5.32 Å². The van der Waals surface area contributed by atoms with Crippen molar-refractivity contribution in [3.05, 3.63) is 12.0 Å². The largest absolute Gasteiger partial charge is 0.494 e. The third-order valence-electron chi connectivity index (χ3n) is 2.27. The van der Waals surface area contributed by atoms with E-state index < -0.39 is 11.9 Å². The highest BCUT2D eigenvalue weighted by Crippen LogP contribution is 2.07. The Bertz CT molecular complexity index is 313. The van der Waals surface area contributed by atoms with Crippen molar-refractivity contribution in [1.82, 2.24) is 5.32 Å². The molecule has 0 radical (unpaired) electrons. The molecule has 0 saturated heterocycles. The molecule has 1 unspecified atom stereocenters. The van der Waals surface area contributed by atoms with Crippen LogP contribution in [0, 0.1) is 0 Å². The van der Waals surface area contributed by atoms with Gasteiger partial charge in [-0.1, -0.05) is 13.3 Å². The number of carboxylic acids is 1. The SMILES string of the molecule is CCCC(CC(=O)O)NC(=O)C1=COCCO1. The topological polar surface area (TPSA) is 84.9 Å². The van der Waals surface area contributed by atoms with Crippen LogP contribution in [0.15, 0.2) is 12.0 Å². The number of carbonyl (C=O) groups excluding carboxylic acids is 1. The molecule has 6 heteroatoms. The number of rotatable bonds is 6. The molecule has 6 nitrogen and oxygen atoms in total. The highest BCUT2D eigenvalue weighted by atomic mass is 16.6. The summed E-state index contributed by atoms with van der Waals surface area (Å²) in [5, 5.41) is 11.3. The Kier molecular flexibility index (Phi) is 5.32. The molecule has 17 heavy (non-hydrogen) atoms. The molecule has 0 saturated carbocycles. The van der Waals surface area contributed by atoms with Crippen molar-refractivity contribution >= 4 is 11.9 Å². The van der Waals surface area contributed by atoms with Crippen molar-refractivity contribution in [1.29, 1.82) is 0 Å². The molecule has 1 aliphatic heterocycles. The molecule has 1 heterocycles. The van der Waals surface area contributed by atoms with E-state index in [0.717, 1.165) is 6.42 Å². The van der Waals surface area contributed by atoms with E-state index in [1.54, 1.807) is 0 Å². The van der Waals surface area contributed by atoms with Crippen LogP contribution in [0.25, 0.3) is 0 Å². The lowest BCUT2D eigenvalue weighted by Gasteiger charge is -2.19. The quantitative estimate of drug-likeness (QED) is 0.715. The van der Waals surface area contributed by atoms with Gasteiger partial charge in [0.2, 0.25) is 5.76 Å². The first-order chi connectivity index (χ1) is 8.13. The number of aliphatic carboxylic acids is 1. The molecular weight excluding hydrogens is 226 g/mol. The number of amides is 1. The van der Waals surface area contributed by atoms with Crippen LogP contribution in [-0.4, -0.2) is 36.2 Å². The molecule has 96 valence electrons. The van der Waals surface area contributed by atoms with Crippen LogP contribution in [0.3, 0.4) is 0 Å². The summed E-state index contributed by atoms with van der Waals surface area (Å²) < 4.78 is 10.1. The van der Waals surface area contributed by atoms with Crippen LogP contribution in [0.2, 0.25) is 0 Å². The maximum absolute atomic E-state index is 11.7. The number of hydrogen-bond acceptors (Lipinski definition) is 4. The Morgan fingerprint density at radius 2 is 2.29 bits per heavy atom. The number of hydrogen-bond donors (Lipinski definition) is 2. The van der Waals surface area contributed by atoms with E-state index in [9.17, 15) is 9.59 Å². The lowest BCUT2D eigenvalue weighted by atomic mass is 10.1. The molecule has 1 amide bonds. The summed E-state index contributed by atoms with van der Waals surface area (Å²) in [6, 6.07) is -0.378. The van der Waals surface area contributed by atoms with E-state index >= 15 is 0 Å². The van der Waals surface area contributed by atoms with Crippen molar-refractivity contribution in [3.8, 4) is 0 Å². The molecule has 0 bridgehead atoms. The van der Waals surface area contributed by atoms with Gasteiger partial charge in [-0.05, 0) is 6.42 Å². The van der Waals surface area contributed by atoms with Crippen LogP contribution in [0.1, 0.15) is 26.2 Å². The second-order valence-corrected chi connectivity index (χ2v) is 3.76. The third-order valence-corrected chi connectivity index (χ3v) is 2.27. The van der Waals surface area contributed by atoms with Crippen LogP contribution in [0.5, 0.6) is 0 Å². The first-order valence-corrected chi connectivity index (χ1v) is 5.60. The molecule has 0 fully saturated rings. The fourth-order valence-corrected chi connectivity index (χ4v) is 1.53. The molecule has 1 aliphatic rings. The molecule has 1 rings (SSSR count). The molecule has 0 spiro atoms. The second kappa shape index (κ2) is 6.78. The number of carbonyl (C=O) groups is 2. The van der Waals surface area contributed by atoms with E-state index in [0.29, 0.717) is 19.6 Å². The summed E-state index contributed by atoms with van der Waals surface area (Å²) in [5.41, 5.74) is 0.